The van der Waals surface area contributed by atoms with E-state index in [0.717, 1.165) is 75.7 Å². The first-order chi connectivity index (χ1) is 14.1. The Labute approximate surface area is 172 Å². The highest BCUT2D eigenvalue weighted by atomic mass is 16.2. The lowest BCUT2D eigenvalue weighted by molar-refractivity contribution is -0.141. The fourth-order valence-corrected chi connectivity index (χ4v) is 4.54. The number of likely N-dealkylation sites (tertiary alicyclic amines) is 1. The Kier molecular flexibility index (Phi) is 6.16. The zero-order chi connectivity index (χ0) is 20.2. The Morgan fingerprint density at radius 1 is 0.862 bits per heavy atom. The van der Waals surface area contributed by atoms with E-state index in [4.69, 9.17) is 0 Å². The van der Waals surface area contributed by atoms with Crippen LogP contribution in [-0.4, -0.2) is 41.8 Å². The van der Waals surface area contributed by atoms with E-state index in [2.05, 4.69) is 10.6 Å². The second-order valence-corrected chi connectivity index (χ2v) is 8.73. The highest BCUT2D eigenvalue weighted by molar-refractivity contribution is 5.96. The predicted molar refractivity (Wildman–Crippen MR) is 111 cm³/mol. The van der Waals surface area contributed by atoms with Crippen molar-refractivity contribution in [2.24, 2.45) is 11.8 Å². The number of benzene rings is 1. The number of amides is 3. The molecule has 1 aromatic rings. The highest BCUT2D eigenvalue weighted by Crippen LogP contribution is 2.33. The van der Waals surface area contributed by atoms with Gasteiger partial charge in [0.2, 0.25) is 17.7 Å². The van der Waals surface area contributed by atoms with Gasteiger partial charge < -0.3 is 15.5 Å². The number of rotatable bonds is 6. The van der Waals surface area contributed by atoms with E-state index < -0.39 is 0 Å². The molecule has 4 rings (SSSR count). The van der Waals surface area contributed by atoms with Crippen molar-refractivity contribution in [3.63, 3.8) is 0 Å². The molecule has 3 fully saturated rings. The van der Waals surface area contributed by atoms with E-state index in [0.29, 0.717) is 12.5 Å². The molecule has 2 N–H and O–H groups in total. The standard InChI is InChI=1S/C23H31N3O3/c27-21(24-17-11-12-17)15-16-7-9-18(10-8-16)25-22(28)19-5-1-2-6-20(19)23(29)26-13-3-4-14-26/h7-10,17,19-20H,1-6,11-15H2,(H,24,27)(H,25,28)/t19-,20+/m0/s1. The van der Waals surface area contributed by atoms with Gasteiger partial charge in [0.25, 0.3) is 0 Å². The lowest BCUT2D eigenvalue weighted by Crippen LogP contribution is -2.42. The summed E-state index contributed by atoms with van der Waals surface area (Å²) in [7, 11) is 0. The first kappa shape index (κ1) is 19.9. The van der Waals surface area contributed by atoms with Crippen LogP contribution in [-0.2, 0) is 20.8 Å². The van der Waals surface area contributed by atoms with Gasteiger partial charge in [-0.3, -0.25) is 14.4 Å². The summed E-state index contributed by atoms with van der Waals surface area (Å²) in [6.07, 6.45) is 8.26. The third-order valence-corrected chi connectivity index (χ3v) is 6.37. The average Bonchev–Trinajstić information content (AvgIpc) is 3.37. The monoisotopic (exact) mass is 397 g/mol. The molecule has 156 valence electrons. The van der Waals surface area contributed by atoms with Gasteiger partial charge in [0.05, 0.1) is 6.42 Å². The number of carbonyl (C=O) groups is 3. The maximum atomic E-state index is 12.9. The van der Waals surface area contributed by atoms with E-state index in [1.807, 2.05) is 29.2 Å². The Morgan fingerprint density at radius 2 is 1.52 bits per heavy atom. The Balaban J connectivity index is 1.34. The third kappa shape index (κ3) is 5.17. The van der Waals surface area contributed by atoms with Crippen molar-refractivity contribution in [3.8, 4) is 0 Å². The van der Waals surface area contributed by atoms with Gasteiger partial charge in [-0.1, -0.05) is 25.0 Å². The molecule has 0 radical (unpaired) electrons. The van der Waals surface area contributed by atoms with Gasteiger partial charge in [-0.2, -0.15) is 0 Å². The van der Waals surface area contributed by atoms with Gasteiger partial charge >= 0.3 is 0 Å². The maximum absolute atomic E-state index is 12.9. The highest BCUT2D eigenvalue weighted by Gasteiger charge is 2.38. The number of nitrogens with zero attached hydrogens (tertiary/aromatic N) is 1. The quantitative estimate of drug-likeness (QED) is 0.775. The Hall–Kier alpha value is -2.37. The van der Waals surface area contributed by atoms with Crippen molar-refractivity contribution in [1.82, 2.24) is 10.2 Å². The average molecular weight is 398 g/mol. The van der Waals surface area contributed by atoms with Crippen LogP contribution >= 0.6 is 0 Å². The molecule has 6 heteroatoms. The molecule has 3 aliphatic rings. The van der Waals surface area contributed by atoms with Crippen molar-refractivity contribution < 1.29 is 14.4 Å². The van der Waals surface area contributed by atoms with Gasteiger partial charge in [0.15, 0.2) is 0 Å². The van der Waals surface area contributed by atoms with E-state index in [-0.39, 0.29) is 29.6 Å². The zero-order valence-electron chi connectivity index (χ0n) is 17.0. The summed E-state index contributed by atoms with van der Waals surface area (Å²) in [4.78, 5) is 39.7. The van der Waals surface area contributed by atoms with Gasteiger partial charge in [-0.05, 0) is 56.2 Å². The van der Waals surface area contributed by atoms with Crippen LogP contribution in [0.25, 0.3) is 0 Å². The summed E-state index contributed by atoms with van der Waals surface area (Å²) < 4.78 is 0. The van der Waals surface area contributed by atoms with Gasteiger partial charge in [0, 0.05) is 36.7 Å². The number of hydrogen-bond acceptors (Lipinski definition) is 3. The second-order valence-electron chi connectivity index (χ2n) is 8.73. The molecule has 0 bridgehead atoms. The smallest absolute Gasteiger partial charge is 0.228 e. The van der Waals surface area contributed by atoms with Crippen molar-refractivity contribution >= 4 is 23.4 Å². The molecule has 29 heavy (non-hydrogen) atoms. The molecule has 6 nitrogen and oxygen atoms in total. The van der Waals surface area contributed by atoms with Crippen LogP contribution in [0.3, 0.4) is 0 Å². The summed E-state index contributed by atoms with van der Waals surface area (Å²) in [6.45, 7) is 1.67. The maximum Gasteiger partial charge on any atom is 0.228 e. The molecule has 2 atom stereocenters. The van der Waals surface area contributed by atoms with Crippen LogP contribution in [0.15, 0.2) is 24.3 Å². The molecule has 0 spiro atoms. The molecule has 1 aliphatic heterocycles. The van der Waals surface area contributed by atoms with E-state index in [1.165, 1.54) is 0 Å². The van der Waals surface area contributed by atoms with Crippen LogP contribution in [0.4, 0.5) is 5.69 Å². The summed E-state index contributed by atoms with van der Waals surface area (Å²) in [5.74, 6) is -0.274. The number of hydrogen-bond donors (Lipinski definition) is 2. The summed E-state index contributed by atoms with van der Waals surface area (Å²) in [5.41, 5.74) is 1.65. The van der Waals surface area contributed by atoms with Gasteiger partial charge in [-0.25, -0.2) is 0 Å². The van der Waals surface area contributed by atoms with E-state index >= 15 is 0 Å². The minimum Gasteiger partial charge on any atom is -0.353 e. The molecule has 3 amide bonds. The summed E-state index contributed by atoms with van der Waals surface area (Å²) >= 11 is 0. The fourth-order valence-electron chi connectivity index (χ4n) is 4.54. The van der Waals surface area contributed by atoms with Crippen molar-refractivity contribution in [1.29, 1.82) is 0 Å². The molecule has 2 aliphatic carbocycles. The normalized spacial score (nSPS) is 24.2. The lowest BCUT2D eigenvalue weighted by Gasteiger charge is -2.32. The van der Waals surface area contributed by atoms with Gasteiger partial charge in [-0.15, -0.1) is 0 Å². The predicted octanol–water partition coefficient (Wildman–Crippen LogP) is 2.88. The number of carbonyl (C=O) groups excluding carboxylic acids is 3. The fraction of sp³-hybridized carbons (Fsp3) is 0.609. The topological polar surface area (TPSA) is 78.5 Å². The minimum absolute atomic E-state index is 0.0507. The largest absolute Gasteiger partial charge is 0.353 e. The lowest BCUT2D eigenvalue weighted by atomic mass is 9.77. The molecule has 0 unspecified atom stereocenters. The van der Waals surface area contributed by atoms with Crippen LogP contribution < -0.4 is 10.6 Å². The second kappa shape index (κ2) is 8.97. The molecule has 1 saturated heterocycles. The van der Waals surface area contributed by atoms with Crippen LogP contribution in [0, 0.1) is 11.8 Å². The molecule has 2 saturated carbocycles. The Morgan fingerprint density at radius 3 is 2.17 bits per heavy atom. The van der Waals surface area contributed by atoms with Gasteiger partial charge in [0.1, 0.15) is 0 Å². The number of anilines is 1. The molecule has 1 aromatic carbocycles. The molecule has 0 aromatic heterocycles. The minimum atomic E-state index is -0.249. The molecular weight excluding hydrogens is 366 g/mol. The van der Waals surface area contributed by atoms with Crippen molar-refractivity contribution in [2.45, 2.75) is 63.8 Å². The van der Waals surface area contributed by atoms with Crippen molar-refractivity contribution in [2.75, 3.05) is 18.4 Å². The SMILES string of the molecule is O=C(Cc1ccc(NC(=O)[C@H]2CCCC[C@H]2C(=O)N2CCCC2)cc1)NC1CC1. The van der Waals surface area contributed by atoms with Crippen molar-refractivity contribution in [3.05, 3.63) is 29.8 Å². The van der Waals surface area contributed by atoms with E-state index in [1.54, 1.807) is 0 Å². The summed E-state index contributed by atoms with van der Waals surface area (Å²) in [6, 6.07) is 7.83. The van der Waals surface area contributed by atoms with E-state index in [9.17, 15) is 14.4 Å². The Bertz CT molecular complexity index is 751. The third-order valence-electron chi connectivity index (χ3n) is 6.37. The first-order valence-corrected chi connectivity index (χ1v) is 11.1. The zero-order valence-corrected chi connectivity index (χ0v) is 17.0. The molecular formula is C23H31N3O3. The van der Waals surface area contributed by atoms with Crippen LogP contribution in [0.2, 0.25) is 0 Å². The first-order valence-electron chi connectivity index (χ1n) is 11.1. The molecule has 1 heterocycles. The number of nitrogens with one attached hydrogen (secondary N) is 2. The summed E-state index contributed by atoms with van der Waals surface area (Å²) in [5, 5.41) is 5.99. The van der Waals surface area contributed by atoms with Crippen LogP contribution in [0.5, 0.6) is 0 Å². The van der Waals surface area contributed by atoms with Crippen LogP contribution in [0.1, 0.15) is 56.9 Å².